The minimum atomic E-state index is -0.137. The second kappa shape index (κ2) is 5.75. The van der Waals surface area contributed by atoms with Crippen molar-refractivity contribution in [2.45, 2.75) is 39.3 Å². The molecule has 0 radical (unpaired) electrons. The molecule has 2 rings (SSSR count). The van der Waals surface area contributed by atoms with E-state index in [1.807, 2.05) is 0 Å². The molecule has 0 aliphatic heterocycles. The lowest BCUT2D eigenvalue weighted by Gasteiger charge is -2.19. The molecule has 1 atom stereocenters. The van der Waals surface area contributed by atoms with Crippen LogP contribution < -0.4 is 11.0 Å². The highest BCUT2D eigenvalue weighted by Crippen LogP contribution is 2.19. The standard InChI is InChI=1S/C13H19ClN4O/c1-4-10(7-15-8(2)3)18-11-5-9(14)6-16-12(11)17-13(18)19/h5-6,8,10,15H,4,7H2,1-3H3,(H,16,17,19)/t10-/m1/s1. The fraction of sp³-hybridized carbons (Fsp3) is 0.538. The Balaban J connectivity index is 2.44. The molecule has 2 heterocycles. The van der Waals surface area contributed by atoms with E-state index in [2.05, 4.69) is 36.1 Å². The van der Waals surface area contributed by atoms with Gasteiger partial charge in [0.2, 0.25) is 0 Å². The maximum Gasteiger partial charge on any atom is 0.327 e. The first-order valence-corrected chi connectivity index (χ1v) is 6.89. The number of hydrogen-bond donors (Lipinski definition) is 2. The monoisotopic (exact) mass is 282 g/mol. The number of nitrogens with one attached hydrogen (secondary N) is 2. The predicted molar refractivity (Wildman–Crippen MR) is 77.8 cm³/mol. The Morgan fingerprint density at radius 2 is 2.26 bits per heavy atom. The summed E-state index contributed by atoms with van der Waals surface area (Å²) in [7, 11) is 0. The minimum Gasteiger partial charge on any atom is -0.312 e. The number of halogens is 1. The average Bonchev–Trinajstić information content (AvgIpc) is 2.66. The molecule has 0 bridgehead atoms. The van der Waals surface area contributed by atoms with Gasteiger partial charge in [-0.3, -0.25) is 9.55 Å². The van der Waals surface area contributed by atoms with Gasteiger partial charge in [-0.1, -0.05) is 32.4 Å². The maximum atomic E-state index is 12.1. The Morgan fingerprint density at radius 3 is 2.89 bits per heavy atom. The number of hydrogen-bond acceptors (Lipinski definition) is 3. The Labute approximate surface area is 117 Å². The normalized spacial score (nSPS) is 13.3. The predicted octanol–water partition coefficient (Wildman–Crippen LogP) is 2.33. The average molecular weight is 283 g/mol. The zero-order valence-electron chi connectivity index (χ0n) is 11.4. The van der Waals surface area contributed by atoms with Crippen LogP contribution in [0.4, 0.5) is 0 Å². The molecule has 0 fully saturated rings. The van der Waals surface area contributed by atoms with E-state index in [0.29, 0.717) is 16.7 Å². The van der Waals surface area contributed by atoms with E-state index >= 15 is 0 Å². The summed E-state index contributed by atoms with van der Waals surface area (Å²) in [5.41, 5.74) is 1.20. The van der Waals surface area contributed by atoms with Crippen LogP contribution in [-0.2, 0) is 0 Å². The lowest BCUT2D eigenvalue weighted by atomic mass is 10.2. The van der Waals surface area contributed by atoms with Crippen molar-refractivity contribution in [3.05, 3.63) is 27.8 Å². The highest BCUT2D eigenvalue weighted by Gasteiger charge is 2.16. The first kappa shape index (κ1) is 14.1. The number of fused-ring (bicyclic) bond motifs is 1. The van der Waals surface area contributed by atoms with Gasteiger partial charge in [0.15, 0.2) is 5.65 Å². The van der Waals surface area contributed by atoms with Gasteiger partial charge in [-0.15, -0.1) is 0 Å². The van der Waals surface area contributed by atoms with Crippen molar-refractivity contribution >= 4 is 22.8 Å². The molecule has 2 aromatic rings. The topological polar surface area (TPSA) is 62.7 Å². The van der Waals surface area contributed by atoms with Crippen molar-refractivity contribution < 1.29 is 0 Å². The van der Waals surface area contributed by atoms with Gasteiger partial charge < -0.3 is 5.32 Å². The number of rotatable bonds is 5. The summed E-state index contributed by atoms with van der Waals surface area (Å²) in [5, 5.41) is 3.90. The van der Waals surface area contributed by atoms with E-state index in [0.717, 1.165) is 18.5 Å². The van der Waals surface area contributed by atoms with E-state index < -0.39 is 0 Å². The fourth-order valence-electron chi connectivity index (χ4n) is 2.13. The van der Waals surface area contributed by atoms with Gasteiger partial charge in [0.1, 0.15) is 0 Å². The first-order chi connectivity index (χ1) is 9.02. The van der Waals surface area contributed by atoms with Crippen LogP contribution in [0.5, 0.6) is 0 Å². The SMILES string of the molecule is CC[C@H](CNC(C)C)n1c(=O)[nH]c2ncc(Cl)cc21. The number of H-pyrrole nitrogens is 1. The Bertz CT molecular complexity index is 617. The van der Waals surface area contributed by atoms with Crippen molar-refractivity contribution in [2.75, 3.05) is 6.54 Å². The third kappa shape index (κ3) is 2.98. The van der Waals surface area contributed by atoms with E-state index in [9.17, 15) is 4.79 Å². The maximum absolute atomic E-state index is 12.1. The van der Waals surface area contributed by atoms with Gasteiger partial charge in [-0.05, 0) is 12.5 Å². The fourth-order valence-corrected chi connectivity index (χ4v) is 2.28. The number of imidazole rings is 1. The summed E-state index contributed by atoms with van der Waals surface area (Å²) >= 11 is 5.97. The van der Waals surface area contributed by atoms with Gasteiger partial charge in [-0.2, -0.15) is 0 Å². The molecule has 2 N–H and O–H groups in total. The van der Waals surface area contributed by atoms with Crippen molar-refractivity contribution in [1.29, 1.82) is 0 Å². The van der Waals surface area contributed by atoms with Crippen LogP contribution in [0, 0.1) is 0 Å². The highest BCUT2D eigenvalue weighted by atomic mass is 35.5. The quantitative estimate of drug-likeness (QED) is 0.885. The van der Waals surface area contributed by atoms with Crippen molar-refractivity contribution in [3.8, 4) is 0 Å². The molecular weight excluding hydrogens is 264 g/mol. The molecule has 0 aliphatic rings. The summed E-state index contributed by atoms with van der Waals surface area (Å²) < 4.78 is 1.74. The second-order valence-electron chi connectivity index (χ2n) is 4.95. The van der Waals surface area contributed by atoms with Crippen LogP contribution in [0.3, 0.4) is 0 Å². The zero-order chi connectivity index (χ0) is 14.0. The van der Waals surface area contributed by atoms with Crippen molar-refractivity contribution in [3.63, 3.8) is 0 Å². The molecule has 104 valence electrons. The second-order valence-corrected chi connectivity index (χ2v) is 5.38. The van der Waals surface area contributed by atoms with Crippen LogP contribution >= 0.6 is 11.6 Å². The number of nitrogens with zero attached hydrogens (tertiary/aromatic N) is 2. The largest absolute Gasteiger partial charge is 0.327 e. The number of aromatic nitrogens is 3. The summed E-state index contributed by atoms with van der Waals surface area (Å²) in [5.74, 6) is 0. The van der Waals surface area contributed by atoms with Crippen LogP contribution in [0.2, 0.25) is 5.02 Å². The van der Waals surface area contributed by atoms with Gasteiger partial charge in [-0.25, -0.2) is 9.78 Å². The Morgan fingerprint density at radius 1 is 1.53 bits per heavy atom. The summed E-state index contributed by atoms with van der Waals surface area (Å²) in [6.45, 7) is 6.98. The Hall–Kier alpha value is -1.33. The molecule has 0 saturated heterocycles. The summed E-state index contributed by atoms with van der Waals surface area (Å²) in [4.78, 5) is 19.0. The van der Waals surface area contributed by atoms with Gasteiger partial charge in [0.25, 0.3) is 0 Å². The first-order valence-electron chi connectivity index (χ1n) is 6.52. The molecule has 0 aliphatic carbocycles. The van der Waals surface area contributed by atoms with E-state index in [1.165, 1.54) is 6.20 Å². The van der Waals surface area contributed by atoms with Crippen LogP contribution in [0.1, 0.15) is 33.2 Å². The van der Waals surface area contributed by atoms with Gasteiger partial charge in [0, 0.05) is 18.8 Å². The molecule has 19 heavy (non-hydrogen) atoms. The summed E-state index contributed by atoms with van der Waals surface area (Å²) in [6, 6.07) is 2.25. The molecule has 6 heteroatoms. The van der Waals surface area contributed by atoms with E-state index in [-0.39, 0.29) is 11.7 Å². The van der Waals surface area contributed by atoms with Crippen molar-refractivity contribution in [2.24, 2.45) is 0 Å². The smallest absolute Gasteiger partial charge is 0.312 e. The Kier molecular flexibility index (Phi) is 4.27. The van der Waals surface area contributed by atoms with E-state index in [1.54, 1.807) is 10.6 Å². The minimum absolute atomic E-state index is 0.0870. The van der Waals surface area contributed by atoms with E-state index in [4.69, 9.17) is 11.6 Å². The molecule has 2 aromatic heterocycles. The van der Waals surface area contributed by atoms with Gasteiger partial charge >= 0.3 is 5.69 Å². The molecule has 0 aromatic carbocycles. The third-order valence-electron chi connectivity index (χ3n) is 3.14. The molecular formula is C13H19ClN4O. The summed E-state index contributed by atoms with van der Waals surface area (Å²) in [6.07, 6.45) is 2.40. The molecule has 5 nitrogen and oxygen atoms in total. The van der Waals surface area contributed by atoms with Crippen molar-refractivity contribution in [1.82, 2.24) is 19.9 Å². The highest BCUT2D eigenvalue weighted by molar-refractivity contribution is 6.31. The van der Waals surface area contributed by atoms with Crippen LogP contribution in [-0.4, -0.2) is 27.1 Å². The lowest BCUT2D eigenvalue weighted by molar-refractivity contribution is 0.427. The number of aromatic amines is 1. The lowest BCUT2D eigenvalue weighted by Crippen LogP contribution is -2.33. The third-order valence-corrected chi connectivity index (χ3v) is 3.34. The number of pyridine rings is 1. The molecule has 0 spiro atoms. The van der Waals surface area contributed by atoms with Crippen LogP contribution in [0.15, 0.2) is 17.1 Å². The molecule has 0 amide bonds. The van der Waals surface area contributed by atoms with Crippen LogP contribution in [0.25, 0.3) is 11.2 Å². The molecule has 0 unspecified atom stereocenters. The molecule has 0 saturated carbocycles. The zero-order valence-corrected chi connectivity index (χ0v) is 12.2. The van der Waals surface area contributed by atoms with Gasteiger partial charge in [0.05, 0.1) is 16.6 Å².